The molecule has 6 atom stereocenters. The molecule has 289 valence electrons. The van der Waals surface area contributed by atoms with Gasteiger partial charge < -0.3 is 74.0 Å². The molecule has 4 amide bonds. The van der Waals surface area contributed by atoms with Gasteiger partial charge in [-0.3, -0.25) is 19.2 Å². The summed E-state index contributed by atoms with van der Waals surface area (Å²) in [4.78, 5) is 84.4. The molecule has 0 aliphatic carbocycles. The Hall–Kier alpha value is -4.40. The van der Waals surface area contributed by atoms with E-state index in [4.69, 9.17) is 22.9 Å². The van der Waals surface area contributed by atoms with Gasteiger partial charge in [0.1, 0.15) is 12.1 Å². The zero-order valence-corrected chi connectivity index (χ0v) is 29.6. The van der Waals surface area contributed by atoms with Crippen LogP contribution in [0.1, 0.15) is 63.8 Å². The molecule has 2 aromatic heterocycles. The van der Waals surface area contributed by atoms with Gasteiger partial charge in [-0.15, -0.1) is 0 Å². The smallest absolute Gasteiger partial charge is 0.548 e. The van der Waals surface area contributed by atoms with Crippen LogP contribution < -0.4 is 54.4 Å². The van der Waals surface area contributed by atoms with Gasteiger partial charge in [0.2, 0.25) is 23.6 Å². The first-order chi connectivity index (χ1) is 23.7. The predicted octanol–water partition coefficient (Wildman–Crippen LogP) is -5.71. The Morgan fingerprint density at radius 1 is 0.627 bits per heavy atom. The number of nitrogens with one attached hydrogen (secondary N) is 6. The fourth-order valence-corrected chi connectivity index (χ4v) is 4.29. The van der Waals surface area contributed by atoms with Gasteiger partial charge in [0.15, 0.2) is 0 Å². The number of hydrogen-bond acceptors (Lipinski definition) is 14. The molecule has 0 unspecified atom stereocenters. The zero-order chi connectivity index (χ0) is 37.6. The average Bonchev–Trinajstić information content (AvgIpc) is 3.78. The Bertz CT molecular complexity index is 1230. The Morgan fingerprint density at radius 2 is 0.961 bits per heavy atom. The number of carboxylic acid groups (broad SMARTS) is 2. The number of unbranched alkanes of at least 4 members (excludes halogenated alkanes) is 2. The molecule has 0 aliphatic rings. The average molecular weight is 770 g/mol. The van der Waals surface area contributed by atoms with Crippen LogP contribution in [0.4, 0.5) is 0 Å². The monoisotopic (exact) mass is 769 g/mol. The van der Waals surface area contributed by atoms with Gasteiger partial charge in [-0.1, -0.05) is 0 Å². The maximum Gasteiger partial charge on any atom is 2.00 e. The van der Waals surface area contributed by atoms with Crippen molar-refractivity contribution < 1.29 is 56.0 Å². The summed E-state index contributed by atoms with van der Waals surface area (Å²) in [6.07, 6.45) is 8.87. The number of hydrogen-bond donors (Lipinski definition) is 10. The maximum atomic E-state index is 12.5. The number of rotatable bonds is 22. The molecule has 2 rings (SSSR count). The number of aromatic amines is 2. The number of aliphatic carboxylic acids is 2. The summed E-state index contributed by atoms with van der Waals surface area (Å²) in [5.41, 5.74) is 23.0. The molecule has 2 aromatic rings. The number of aromatic nitrogens is 4. The molecule has 0 bridgehead atoms. The Kier molecular flexibility index (Phi) is 23.3. The SMILES string of the molecule is C[C@H](N)C(=O)N[C@@H](Cc1cnc[nH]1)C(=O)N[C@@H](CCCCN)C(=O)[O-].C[C@H](N)C(=O)N[C@@H](Cc1cnc[nH]1)C(=O)N[C@@H](CCCCN)C(=O)[O-].[Cu+2]. The van der Waals surface area contributed by atoms with Crippen molar-refractivity contribution in [3.05, 3.63) is 36.4 Å². The molecule has 0 fully saturated rings. The van der Waals surface area contributed by atoms with E-state index in [1.54, 1.807) is 0 Å². The second-order valence-electron chi connectivity index (χ2n) is 11.6. The Morgan fingerprint density at radius 3 is 1.22 bits per heavy atom. The van der Waals surface area contributed by atoms with Gasteiger partial charge in [-0.2, -0.15) is 0 Å². The summed E-state index contributed by atoms with van der Waals surface area (Å²) in [6, 6.07) is -5.91. The van der Waals surface area contributed by atoms with E-state index in [2.05, 4.69) is 41.2 Å². The molecular weight excluding hydrogens is 720 g/mol. The van der Waals surface area contributed by atoms with Gasteiger partial charge >= 0.3 is 17.1 Å². The van der Waals surface area contributed by atoms with Crippen molar-refractivity contribution >= 4 is 35.6 Å². The van der Waals surface area contributed by atoms with Crippen molar-refractivity contribution in [3.63, 3.8) is 0 Å². The Labute approximate surface area is 306 Å². The van der Waals surface area contributed by atoms with Crippen molar-refractivity contribution in [1.82, 2.24) is 41.2 Å². The molecule has 2 heterocycles. The van der Waals surface area contributed by atoms with Crippen molar-refractivity contribution in [3.8, 4) is 0 Å². The van der Waals surface area contributed by atoms with Crippen molar-refractivity contribution in [2.75, 3.05) is 13.1 Å². The fourth-order valence-electron chi connectivity index (χ4n) is 4.29. The van der Waals surface area contributed by atoms with Crippen LogP contribution in [0.5, 0.6) is 0 Å². The van der Waals surface area contributed by atoms with Crippen molar-refractivity contribution in [2.24, 2.45) is 22.9 Å². The number of H-pyrrole nitrogens is 2. The summed E-state index contributed by atoms with van der Waals surface area (Å²) in [5.74, 6) is -5.08. The van der Waals surface area contributed by atoms with E-state index in [0.29, 0.717) is 50.2 Å². The fraction of sp³-hybridized carbons (Fsp3) is 0.600. The summed E-state index contributed by atoms with van der Waals surface area (Å²) < 4.78 is 0. The second kappa shape index (κ2) is 25.5. The van der Waals surface area contributed by atoms with Crippen LogP contribution >= 0.6 is 0 Å². The summed E-state index contributed by atoms with van der Waals surface area (Å²) >= 11 is 0. The van der Waals surface area contributed by atoms with E-state index in [0.717, 1.165) is 0 Å². The molecule has 0 saturated carbocycles. The third kappa shape index (κ3) is 19.0. The summed E-state index contributed by atoms with van der Waals surface area (Å²) in [7, 11) is 0. The number of amides is 4. The number of nitrogens with zero attached hydrogens (tertiary/aromatic N) is 2. The number of carboxylic acids is 2. The number of nitrogens with two attached hydrogens (primary N) is 4. The minimum atomic E-state index is -1.39. The molecule has 51 heavy (non-hydrogen) atoms. The molecule has 21 heteroatoms. The third-order valence-corrected chi connectivity index (χ3v) is 7.15. The van der Waals surface area contributed by atoms with Crippen LogP contribution in [0.2, 0.25) is 0 Å². The number of carbonyl (C=O) groups is 6. The first-order valence-electron chi connectivity index (χ1n) is 16.2. The van der Waals surface area contributed by atoms with Crippen LogP contribution in [-0.4, -0.2) is 105 Å². The van der Waals surface area contributed by atoms with Gasteiger partial charge in [0.05, 0.1) is 48.8 Å². The first kappa shape index (κ1) is 46.6. The van der Waals surface area contributed by atoms with Crippen LogP contribution in [0.15, 0.2) is 25.0 Å². The first-order valence-corrected chi connectivity index (χ1v) is 16.2. The minimum Gasteiger partial charge on any atom is -0.548 e. The summed E-state index contributed by atoms with van der Waals surface area (Å²) in [5, 5.41) is 32.3. The van der Waals surface area contributed by atoms with Gasteiger partial charge in [-0.25, -0.2) is 9.97 Å². The Balaban J connectivity index is 0.000000962. The van der Waals surface area contributed by atoms with Gasteiger partial charge in [-0.05, 0) is 65.5 Å². The molecule has 0 aliphatic heterocycles. The normalized spacial score (nSPS) is 14.1. The minimum absolute atomic E-state index is 0. The topological polar surface area (TPSA) is 358 Å². The zero-order valence-electron chi connectivity index (χ0n) is 28.6. The molecule has 0 aromatic carbocycles. The van der Waals surface area contributed by atoms with E-state index >= 15 is 0 Å². The van der Waals surface area contributed by atoms with Crippen LogP contribution in [0.3, 0.4) is 0 Å². The standard InChI is InChI=1S/2C15H26N6O4.Cu/c2*1-9(17)13(22)21-12(6-10-7-18-8-19-10)14(23)20-11(15(24)25)4-2-3-5-16;/h2*7-9,11-12H,2-6,16-17H2,1H3,(H,18,19)(H,20,23)(H,21,22)(H,24,25);/q;;+2/p-2/t2*9-,11-,12-;/m00./s1. The van der Waals surface area contributed by atoms with E-state index in [1.807, 2.05) is 0 Å². The summed E-state index contributed by atoms with van der Waals surface area (Å²) in [6.45, 7) is 3.83. The second-order valence-corrected chi connectivity index (χ2v) is 11.6. The predicted molar refractivity (Wildman–Crippen MR) is 175 cm³/mol. The number of carbonyl (C=O) groups excluding carboxylic acids is 6. The molecule has 1 radical (unpaired) electrons. The molecule has 0 spiro atoms. The van der Waals surface area contributed by atoms with Crippen LogP contribution in [0.25, 0.3) is 0 Å². The third-order valence-electron chi connectivity index (χ3n) is 7.15. The van der Waals surface area contributed by atoms with E-state index in [9.17, 15) is 39.0 Å². The maximum absolute atomic E-state index is 12.5. The number of imidazole rings is 2. The molecule has 14 N–H and O–H groups in total. The van der Waals surface area contributed by atoms with E-state index in [1.165, 1.54) is 38.9 Å². The molecular formula is C30H50CuN12O8. The quantitative estimate of drug-likeness (QED) is 0.0394. The molecule has 20 nitrogen and oxygen atoms in total. The van der Waals surface area contributed by atoms with E-state index in [-0.39, 0.29) is 42.8 Å². The van der Waals surface area contributed by atoms with Crippen molar-refractivity contribution in [2.45, 2.75) is 101 Å². The van der Waals surface area contributed by atoms with Crippen LogP contribution in [0, 0.1) is 0 Å². The largest absolute Gasteiger partial charge is 2.00 e. The van der Waals surface area contributed by atoms with Crippen molar-refractivity contribution in [1.29, 1.82) is 0 Å². The van der Waals surface area contributed by atoms with Crippen LogP contribution in [-0.2, 0) is 58.7 Å². The van der Waals surface area contributed by atoms with Gasteiger partial charge in [0.25, 0.3) is 0 Å². The van der Waals surface area contributed by atoms with Gasteiger partial charge in [0, 0.05) is 36.6 Å². The molecule has 0 saturated heterocycles. The van der Waals surface area contributed by atoms with E-state index < -0.39 is 71.8 Å².